The molecule has 0 aliphatic heterocycles. The first-order valence-electron chi connectivity index (χ1n) is 12.5. The van der Waals surface area contributed by atoms with Crippen LogP contribution in [-0.2, 0) is 29.0 Å². The Hall–Kier alpha value is -2.04. The highest BCUT2D eigenvalue weighted by Gasteiger charge is 2.31. The molecule has 0 bridgehead atoms. The number of hydrogen-bond acceptors (Lipinski definition) is 2. The average Bonchev–Trinajstić information content (AvgIpc) is 2.85. The molecule has 1 aliphatic carbocycles. The van der Waals surface area contributed by atoms with Crippen molar-refractivity contribution in [3.8, 4) is 0 Å². The molecule has 0 saturated heterocycles. The van der Waals surface area contributed by atoms with E-state index in [2.05, 4.69) is 36.5 Å². The lowest BCUT2D eigenvalue weighted by Gasteiger charge is -2.33. The van der Waals surface area contributed by atoms with Crippen molar-refractivity contribution >= 4 is 35.0 Å². The molecule has 1 unspecified atom stereocenters. The molecule has 6 heteroatoms. The second-order valence-electron chi connectivity index (χ2n) is 9.16. The van der Waals surface area contributed by atoms with Gasteiger partial charge in [-0.15, -0.1) is 0 Å². The maximum Gasteiger partial charge on any atom is 0.243 e. The number of nitrogens with zero attached hydrogens (tertiary/aromatic N) is 1. The molecule has 1 atom stereocenters. The number of carbonyl (C=O) groups is 2. The Morgan fingerprint density at radius 2 is 1.59 bits per heavy atom. The third-order valence-corrected chi connectivity index (χ3v) is 7.49. The second kappa shape index (κ2) is 13.2. The first kappa shape index (κ1) is 26.6. The summed E-state index contributed by atoms with van der Waals surface area (Å²) < 4.78 is 0. The smallest absolute Gasteiger partial charge is 0.243 e. The van der Waals surface area contributed by atoms with Crippen molar-refractivity contribution in [2.24, 2.45) is 0 Å². The number of rotatable bonds is 10. The van der Waals surface area contributed by atoms with Crippen LogP contribution in [0, 0.1) is 0 Å². The van der Waals surface area contributed by atoms with Gasteiger partial charge in [0.2, 0.25) is 11.8 Å². The van der Waals surface area contributed by atoms with E-state index in [1.807, 2.05) is 6.92 Å². The number of halogens is 2. The zero-order valence-electron chi connectivity index (χ0n) is 20.3. The third-order valence-electron chi connectivity index (χ3n) is 6.79. The van der Waals surface area contributed by atoms with Crippen LogP contribution < -0.4 is 5.32 Å². The minimum atomic E-state index is -0.566. The summed E-state index contributed by atoms with van der Waals surface area (Å²) in [6, 6.07) is 13.3. The molecule has 1 N–H and O–H groups in total. The Morgan fingerprint density at radius 1 is 0.971 bits per heavy atom. The molecule has 2 amide bonds. The van der Waals surface area contributed by atoms with Crippen molar-refractivity contribution in [1.82, 2.24) is 10.2 Å². The molecule has 34 heavy (non-hydrogen) atoms. The van der Waals surface area contributed by atoms with Gasteiger partial charge in [0.1, 0.15) is 6.04 Å². The van der Waals surface area contributed by atoms with Crippen molar-refractivity contribution in [2.45, 2.75) is 90.3 Å². The lowest BCUT2D eigenvalue weighted by Crippen LogP contribution is -2.51. The molecule has 2 aromatic carbocycles. The summed E-state index contributed by atoms with van der Waals surface area (Å²) in [6.45, 7) is 4.28. The molecule has 184 valence electrons. The van der Waals surface area contributed by atoms with E-state index in [0.717, 1.165) is 37.7 Å². The van der Waals surface area contributed by atoms with Gasteiger partial charge in [0.15, 0.2) is 0 Å². The molecule has 0 aromatic heterocycles. The molecule has 0 heterocycles. The number of hydrogen-bond donors (Lipinski definition) is 1. The van der Waals surface area contributed by atoms with Crippen LogP contribution in [-0.4, -0.2) is 28.8 Å². The standard InChI is InChI=1S/C28H36Cl2N2O2/c1-3-20-13-15-21(16-14-20)17-18-27(33)32(19-23-24(29)11-8-12-25(23)30)26(4-2)28(34)31-22-9-6-5-7-10-22/h8,11-16,22,26H,3-7,9-10,17-19H2,1-2H3,(H,31,34). The van der Waals surface area contributed by atoms with E-state index in [9.17, 15) is 9.59 Å². The highest BCUT2D eigenvalue weighted by molar-refractivity contribution is 6.36. The zero-order chi connectivity index (χ0) is 24.5. The van der Waals surface area contributed by atoms with Gasteiger partial charge in [0.25, 0.3) is 0 Å². The van der Waals surface area contributed by atoms with E-state index < -0.39 is 6.04 Å². The summed E-state index contributed by atoms with van der Waals surface area (Å²) in [4.78, 5) is 28.5. The zero-order valence-corrected chi connectivity index (χ0v) is 21.8. The predicted octanol–water partition coefficient (Wildman–Crippen LogP) is 6.74. The Bertz CT molecular complexity index is 935. The predicted molar refractivity (Wildman–Crippen MR) is 140 cm³/mol. The minimum Gasteiger partial charge on any atom is -0.352 e. The van der Waals surface area contributed by atoms with E-state index in [0.29, 0.717) is 34.9 Å². The number of carbonyl (C=O) groups excluding carboxylic acids is 2. The quantitative estimate of drug-likeness (QED) is 0.390. The van der Waals surface area contributed by atoms with Crippen molar-refractivity contribution in [1.29, 1.82) is 0 Å². The van der Waals surface area contributed by atoms with Crippen LogP contribution in [0.4, 0.5) is 0 Å². The molecule has 0 radical (unpaired) electrons. The van der Waals surface area contributed by atoms with E-state index in [-0.39, 0.29) is 24.4 Å². The number of aryl methyl sites for hydroxylation is 2. The summed E-state index contributed by atoms with van der Waals surface area (Å²) in [5.41, 5.74) is 3.06. The topological polar surface area (TPSA) is 49.4 Å². The van der Waals surface area contributed by atoms with E-state index in [1.54, 1.807) is 23.1 Å². The van der Waals surface area contributed by atoms with Gasteiger partial charge >= 0.3 is 0 Å². The Morgan fingerprint density at radius 3 is 2.18 bits per heavy atom. The van der Waals surface area contributed by atoms with Crippen molar-refractivity contribution < 1.29 is 9.59 Å². The third kappa shape index (κ3) is 7.23. The highest BCUT2D eigenvalue weighted by atomic mass is 35.5. The van der Waals surface area contributed by atoms with Crippen molar-refractivity contribution in [2.75, 3.05) is 0 Å². The fourth-order valence-corrected chi connectivity index (χ4v) is 5.17. The number of benzene rings is 2. The van der Waals surface area contributed by atoms with Gasteiger partial charge in [-0.3, -0.25) is 9.59 Å². The fraction of sp³-hybridized carbons (Fsp3) is 0.500. The normalized spacial score (nSPS) is 15.1. The largest absolute Gasteiger partial charge is 0.352 e. The minimum absolute atomic E-state index is 0.0683. The van der Waals surface area contributed by atoms with Gasteiger partial charge in [-0.1, -0.05) is 86.6 Å². The van der Waals surface area contributed by atoms with Crippen LogP contribution >= 0.6 is 23.2 Å². The maximum absolute atomic E-state index is 13.5. The van der Waals surface area contributed by atoms with Crippen LogP contribution in [0.1, 0.15) is 75.5 Å². The van der Waals surface area contributed by atoms with Crippen LogP contribution in [0.25, 0.3) is 0 Å². The van der Waals surface area contributed by atoms with E-state index in [4.69, 9.17) is 23.2 Å². The van der Waals surface area contributed by atoms with E-state index >= 15 is 0 Å². The first-order valence-corrected chi connectivity index (χ1v) is 13.3. The summed E-state index contributed by atoms with van der Waals surface area (Å²) in [5, 5.41) is 4.21. The molecule has 4 nitrogen and oxygen atoms in total. The molecule has 3 rings (SSSR count). The van der Waals surface area contributed by atoms with Gasteiger partial charge in [-0.05, 0) is 55.4 Å². The molecule has 0 spiro atoms. The molecule has 1 saturated carbocycles. The molecule has 1 fully saturated rings. The van der Waals surface area contributed by atoms with Gasteiger partial charge in [0, 0.05) is 34.6 Å². The number of nitrogens with one attached hydrogen (secondary N) is 1. The average molecular weight is 504 g/mol. The Kier molecular flexibility index (Phi) is 10.3. The van der Waals surface area contributed by atoms with Crippen molar-refractivity contribution in [3.05, 3.63) is 69.2 Å². The summed E-state index contributed by atoms with van der Waals surface area (Å²) in [5.74, 6) is -0.153. The van der Waals surface area contributed by atoms with Crippen LogP contribution in [0.3, 0.4) is 0 Å². The summed E-state index contributed by atoms with van der Waals surface area (Å²) in [7, 11) is 0. The van der Waals surface area contributed by atoms with Crippen LogP contribution in [0.2, 0.25) is 10.0 Å². The lowest BCUT2D eigenvalue weighted by atomic mass is 9.95. The first-order chi connectivity index (χ1) is 16.4. The Balaban J connectivity index is 1.78. The van der Waals surface area contributed by atoms with Gasteiger partial charge in [-0.2, -0.15) is 0 Å². The van der Waals surface area contributed by atoms with Gasteiger partial charge in [-0.25, -0.2) is 0 Å². The van der Waals surface area contributed by atoms with Crippen LogP contribution in [0.5, 0.6) is 0 Å². The fourth-order valence-electron chi connectivity index (χ4n) is 4.65. The Labute approximate surface area is 214 Å². The second-order valence-corrected chi connectivity index (χ2v) is 9.97. The SMILES string of the molecule is CCc1ccc(CCC(=O)N(Cc2c(Cl)cccc2Cl)C(CC)C(=O)NC2CCCCC2)cc1. The van der Waals surface area contributed by atoms with E-state index in [1.165, 1.54) is 12.0 Å². The number of amides is 2. The van der Waals surface area contributed by atoms with Gasteiger partial charge < -0.3 is 10.2 Å². The molecule has 2 aromatic rings. The van der Waals surface area contributed by atoms with Crippen molar-refractivity contribution in [3.63, 3.8) is 0 Å². The van der Waals surface area contributed by atoms with Crippen LogP contribution in [0.15, 0.2) is 42.5 Å². The maximum atomic E-state index is 13.5. The monoisotopic (exact) mass is 502 g/mol. The summed E-state index contributed by atoms with van der Waals surface area (Å²) in [6.07, 6.45) is 7.94. The lowest BCUT2D eigenvalue weighted by molar-refractivity contribution is -0.141. The molecular formula is C28H36Cl2N2O2. The van der Waals surface area contributed by atoms with Gasteiger partial charge in [0.05, 0.1) is 0 Å². The highest BCUT2D eigenvalue weighted by Crippen LogP contribution is 2.28. The molecule has 1 aliphatic rings. The molecular weight excluding hydrogens is 467 g/mol. The summed E-state index contributed by atoms with van der Waals surface area (Å²) >= 11 is 12.9.